The maximum atomic E-state index is 11.4. The van der Waals surface area contributed by atoms with Gasteiger partial charge in [0, 0.05) is 12.2 Å². The molecule has 0 amide bonds. The van der Waals surface area contributed by atoms with Crippen molar-refractivity contribution in [2.45, 2.75) is 20.3 Å². The maximum absolute atomic E-state index is 11.4. The van der Waals surface area contributed by atoms with Crippen molar-refractivity contribution in [2.75, 3.05) is 19.0 Å². The summed E-state index contributed by atoms with van der Waals surface area (Å²) in [4.78, 5) is 15.7. The van der Waals surface area contributed by atoms with Crippen molar-refractivity contribution < 1.29 is 9.53 Å². The Bertz CT molecular complexity index is 723. The number of carbonyl (C=O) groups excluding carboxylic acids is 1. The lowest BCUT2D eigenvalue weighted by Crippen LogP contribution is -2.23. The zero-order chi connectivity index (χ0) is 17.5. The number of esters is 1. The van der Waals surface area contributed by atoms with Crippen LogP contribution in [0.5, 0.6) is 0 Å². The highest BCUT2D eigenvalue weighted by Gasteiger charge is 2.04. The molecule has 2 aromatic rings. The van der Waals surface area contributed by atoms with Crippen LogP contribution < -0.4 is 11.1 Å². The summed E-state index contributed by atoms with van der Waals surface area (Å²) < 4.78 is 4.68. The van der Waals surface area contributed by atoms with Crippen LogP contribution in [0.25, 0.3) is 0 Å². The summed E-state index contributed by atoms with van der Waals surface area (Å²) >= 11 is 0. The fourth-order valence-corrected chi connectivity index (χ4v) is 2.47. The molecule has 3 N–H and O–H groups in total. The molecule has 134 valence electrons. The maximum Gasteiger partial charge on any atom is 0.337 e. The number of nitrogens with one attached hydrogen (secondary N) is 1. The first-order valence-electron chi connectivity index (χ1n) is 7.80. The number of nitrogens with zero attached hydrogens (tertiary/aromatic N) is 1. The molecule has 0 unspecified atom stereocenters. The Balaban J connectivity index is 0.00000312. The Morgan fingerprint density at radius 1 is 1.12 bits per heavy atom. The van der Waals surface area contributed by atoms with Crippen LogP contribution in [0.4, 0.5) is 5.69 Å². The minimum atomic E-state index is -0.332. The number of ether oxygens (including phenoxy) is 1. The Hall–Kier alpha value is -2.09. The van der Waals surface area contributed by atoms with Gasteiger partial charge in [-0.15, -0.1) is 24.0 Å². The zero-order valence-corrected chi connectivity index (χ0v) is 17.0. The van der Waals surface area contributed by atoms with Crippen LogP contribution in [0.1, 0.15) is 27.0 Å². The first-order valence-corrected chi connectivity index (χ1v) is 7.80. The van der Waals surface area contributed by atoms with Crippen LogP contribution >= 0.6 is 24.0 Å². The van der Waals surface area contributed by atoms with Crippen LogP contribution in [0.2, 0.25) is 0 Å². The van der Waals surface area contributed by atoms with E-state index in [0.29, 0.717) is 18.1 Å². The first kappa shape index (κ1) is 21.0. The third-order valence-electron chi connectivity index (χ3n) is 3.55. The van der Waals surface area contributed by atoms with E-state index in [0.717, 1.165) is 17.7 Å². The van der Waals surface area contributed by atoms with Crippen molar-refractivity contribution in [1.82, 2.24) is 0 Å². The second kappa shape index (κ2) is 10.0. The van der Waals surface area contributed by atoms with Crippen LogP contribution in [0.3, 0.4) is 0 Å². The normalized spacial score (nSPS) is 10.8. The van der Waals surface area contributed by atoms with Crippen molar-refractivity contribution in [3.63, 3.8) is 0 Å². The lowest BCUT2D eigenvalue weighted by Gasteiger charge is -2.08. The molecule has 2 rings (SSSR count). The van der Waals surface area contributed by atoms with Gasteiger partial charge in [-0.1, -0.05) is 18.2 Å². The number of anilines is 1. The molecular weight excluding hydrogens is 429 g/mol. The molecule has 0 spiro atoms. The molecule has 0 heterocycles. The summed E-state index contributed by atoms with van der Waals surface area (Å²) in [5, 5.41) is 3.11. The van der Waals surface area contributed by atoms with Crippen LogP contribution in [0.15, 0.2) is 47.5 Å². The monoisotopic (exact) mass is 453 g/mol. The first-order chi connectivity index (χ1) is 11.5. The van der Waals surface area contributed by atoms with E-state index in [-0.39, 0.29) is 29.9 Å². The Morgan fingerprint density at radius 3 is 2.28 bits per heavy atom. The Morgan fingerprint density at radius 2 is 1.72 bits per heavy atom. The highest BCUT2D eigenvalue weighted by molar-refractivity contribution is 14.0. The molecule has 0 aromatic heterocycles. The highest BCUT2D eigenvalue weighted by atomic mass is 127. The molecule has 0 aliphatic carbocycles. The van der Waals surface area contributed by atoms with Crippen LogP contribution in [-0.4, -0.2) is 25.6 Å². The van der Waals surface area contributed by atoms with Gasteiger partial charge in [0.1, 0.15) is 0 Å². The number of hydrogen-bond donors (Lipinski definition) is 2. The number of benzene rings is 2. The average molecular weight is 453 g/mol. The van der Waals surface area contributed by atoms with Gasteiger partial charge in [0.15, 0.2) is 5.96 Å². The number of methoxy groups -OCH3 is 1. The van der Waals surface area contributed by atoms with Gasteiger partial charge in [-0.2, -0.15) is 0 Å². The van der Waals surface area contributed by atoms with E-state index < -0.39 is 0 Å². The van der Waals surface area contributed by atoms with Crippen molar-refractivity contribution in [1.29, 1.82) is 0 Å². The summed E-state index contributed by atoms with van der Waals surface area (Å²) in [5.41, 5.74) is 10.9. The zero-order valence-electron chi connectivity index (χ0n) is 14.7. The predicted octanol–water partition coefficient (Wildman–Crippen LogP) is 3.68. The summed E-state index contributed by atoms with van der Waals surface area (Å²) in [7, 11) is 1.37. The molecule has 0 aliphatic rings. The van der Waals surface area contributed by atoms with E-state index in [1.165, 1.54) is 18.2 Å². The summed E-state index contributed by atoms with van der Waals surface area (Å²) in [6.07, 6.45) is 0.747. The van der Waals surface area contributed by atoms with E-state index in [2.05, 4.69) is 21.1 Å². The van der Waals surface area contributed by atoms with Gasteiger partial charge in [-0.3, -0.25) is 4.99 Å². The third-order valence-corrected chi connectivity index (χ3v) is 3.55. The highest BCUT2D eigenvalue weighted by Crippen LogP contribution is 2.13. The molecule has 0 saturated heterocycles. The summed E-state index contributed by atoms with van der Waals surface area (Å²) in [5.74, 6) is 0.0626. The standard InChI is InChI=1S/C19H23N3O2.HI/c1-13-10-14(2)12-17(11-13)22-19(20)21-9-8-15-4-6-16(7-5-15)18(23)24-3;/h4-7,10-12H,8-9H2,1-3H3,(H3,20,21,22);1H. The average Bonchev–Trinajstić information content (AvgIpc) is 2.53. The van der Waals surface area contributed by atoms with Gasteiger partial charge in [0.25, 0.3) is 0 Å². The number of aliphatic imine (C=N–C) groups is 1. The molecule has 0 bridgehead atoms. The molecular formula is C19H24IN3O2. The van der Waals surface area contributed by atoms with Gasteiger partial charge in [0.2, 0.25) is 0 Å². The molecule has 0 saturated carbocycles. The Labute approximate surface area is 165 Å². The number of carbonyl (C=O) groups is 1. The number of aryl methyl sites for hydroxylation is 2. The van der Waals surface area contributed by atoms with Crippen LogP contribution in [0, 0.1) is 13.8 Å². The second-order valence-corrected chi connectivity index (χ2v) is 5.71. The van der Waals surface area contributed by atoms with Crippen molar-refractivity contribution in [3.05, 3.63) is 64.7 Å². The van der Waals surface area contributed by atoms with Gasteiger partial charge in [-0.25, -0.2) is 4.79 Å². The number of rotatable bonds is 5. The van der Waals surface area contributed by atoms with Crippen molar-refractivity contribution >= 4 is 41.6 Å². The molecule has 0 atom stereocenters. The summed E-state index contributed by atoms with van der Waals surface area (Å²) in [6.45, 7) is 4.66. The molecule has 2 aromatic carbocycles. The lowest BCUT2D eigenvalue weighted by atomic mass is 10.1. The van der Waals surface area contributed by atoms with E-state index in [4.69, 9.17) is 5.73 Å². The molecule has 5 nitrogen and oxygen atoms in total. The lowest BCUT2D eigenvalue weighted by molar-refractivity contribution is 0.0600. The van der Waals surface area contributed by atoms with Gasteiger partial charge < -0.3 is 15.8 Å². The van der Waals surface area contributed by atoms with Gasteiger partial charge in [-0.05, 0) is 61.2 Å². The van der Waals surface area contributed by atoms with E-state index in [1.807, 2.05) is 38.1 Å². The van der Waals surface area contributed by atoms with Crippen molar-refractivity contribution in [2.24, 2.45) is 10.7 Å². The van der Waals surface area contributed by atoms with Crippen LogP contribution in [-0.2, 0) is 11.2 Å². The minimum Gasteiger partial charge on any atom is -0.465 e. The minimum absolute atomic E-state index is 0. The predicted molar refractivity (Wildman–Crippen MR) is 113 cm³/mol. The smallest absolute Gasteiger partial charge is 0.337 e. The fourth-order valence-electron chi connectivity index (χ4n) is 2.47. The Kier molecular flexibility index (Phi) is 8.40. The van der Waals surface area contributed by atoms with Gasteiger partial charge in [0.05, 0.1) is 12.7 Å². The SMILES string of the molecule is COC(=O)c1ccc(CCN=C(N)Nc2cc(C)cc(C)c2)cc1.I. The molecule has 0 radical (unpaired) electrons. The number of hydrogen-bond acceptors (Lipinski definition) is 3. The second-order valence-electron chi connectivity index (χ2n) is 5.71. The third kappa shape index (κ3) is 6.74. The number of nitrogens with two attached hydrogens (primary N) is 1. The molecule has 6 heteroatoms. The number of halogens is 1. The van der Waals surface area contributed by atoms with E-state index in [1.54, 1.807) is 12.1 Å². The molecule has 25 heavy (non-hydrogen) atoms. The van der Waals surface area contributed by atoms with Crippen molar-refractivity contribution in [3.8, 4) is 0 Å². The quantitative estimate of drug-likeness (QED) is 0.314. The van der Waals surface area contributed by atoms with E-state index in [9.17, 15) is 4.79 Å². The summed E-state index contributed by atoms with van der Waals surface area (Å²) in [6, 6.07) is 13.5. The fraction of sp³-hybridized carbons (Fsp3) is 0.263. The number of guanidine groups is 1. The van der Waals surface area contributed by atoms with Gasteiger partial charge >= 0.3 is 5.97 Å². The van der Waals surface area contributed by atoms with E-state index >= 15 is 0 Å². The molecule has 0 aliphatic heterocycles. The largest absolute Gasteiger partial charge is 0.465 e. The molecule has 0 fully saturated rings. The topological polar surface area (TPSA) is 76.7 Å².